The molecule has 1 N–H and O–H groups in total. The molecule has 18 heavy (non-hydrogen) atoms. The predicted octanol–water partition coefficient (Wildman–Crippen LogP) is 3.18. The predicted molar refractivity (Wildman–Crippen MR) is 78.0 cm³/mol. The van der Waals surface area contributed by atoms with Crippen molar-refractivity contribution < 1.29 is 5.11 Å². The molecule has 3 rings (SSSR count). The number of rotatable bonds is 3. The third-order valence-electron chi connectivity index (χ3n) is 5.77. The van der Waals surface area contributed by atoms with Crippen LogP contribution < -0.4 is 0 Å². The number of nitrogens with zero attached hydrogens (tertiary/aromatic N) is 1. The van der Waals surface area contributed by atoms with Crippen molar-refractivity contribution in [2.45, 2.75) is 57.0 Å². The first-order valence-corrected chi connectivity index (χ1v) is 8.79. The van der Waals surface area contributed by atoms with Crippen molar-refractivity contribution in [1.29, 1.82) is 0 Å². The lowest BCUT2D eigenvalue weighted by atomic mass is 9.68. The molecule has 1 heterocycles. The molecular formula is C15H26BrNO. The van der Waals surface area contributed by atoms with E-state index in [0.717, 1.165) is 31.3 Å². The Morgan fingerprint density at radius 2 is 1.94 bits per heavy atom. The Hall–Kier alpha value is 0.400. The van der Waals surface area contributed by atoms with Crippen LogP contribution in [0, 0.1) is 11.3 Å². The Morgan fingerprint density at radius 1 is 1.11 bits per heavy atom. The fourth-order valence-electron chi connectivity index (χ4n) is 4.27. The summed E-state index contributed by atoms with van der Waals surface area (Å²) in [5.74, 6) is 0.549. The minimum atomic E-state index is -0.310. The summed E-state index contributed by atoms with van der Waals surface area (Å²) in [7, 11) is 0. The number of hydrogen-bond donors (Lipinski definition) is 1. The van der Waals surface area contributed by atoms with Gasteiger partial charge in [0.05, 0.1) is 5.60 Å². The lowest BCUT2D eigenvalue weighted by molar-refractivity contribution is -0.103. The van der Waals surface area contributed by atoms with E-state index in [1.54, 1.807) is 0 Å². The van der Waals surface area contributed by atoms with E-state index in [1.165, 1.54) is 45.1 Å². The molecular weight excluding hydrogens is 290 g/mol. The molecule has 2 nitrogen and oxygen atoms in total. The molecule has 1 aliphatic heterocycles. The lowest BCUT2D eigenvalue weighted by Gasteiger charge is -2.51. The second kappa shape index (κ2) is 5.06. The van der Waals surface area contributed by atoms with Crippen molar-refractivity contribution in [1.82, 2.24) is 4.90 Å². The highest BCUT2D eigenvalue weighted by Crippen LogP contribution is 2.45. The number of hydrogen-bond acceptors (Lipinski definition) is 2. The summed E-state index contributed by atoms with van der Waals surface area (Å²) in [6, 6.07) is 0. The Balaban J connectivity index is 1.60. The molecule has 104 valence electrons. The first-order chi connectivity index (χ1) is 8.66. The summed E-state index contributed by atoms with van der Waals surface area (Å²) in [5, 5.41) is 11.9. The van der Waals surface area contributed by atoms with Crippen LogP contribution in [0.4, 0.5) is 0 Å². The fraction of sp³-hybridized carbons (Fsp3) is 1.00. The van der Waals surface area contributed by atoms with Crippen LogP contribution in [-0.4, -0.2) is 40.6 Å². The molecule has 0 bridgehead atoms. The average molecular weight is 316 g/mol. The van der Waals surface area contributed by atoms with E-state index in [1.807, 2.05) is 0 Å². The van der Waals surface area contributed by atoms with Gasteiger partial charge in [0.25, 0.3) is 0 Å². The highest BCUT2D eigenvalue weighted by Gasteiger charge is 2.45. The summed E-state index contributed by atoms with van der Waals surface area (Å²) < 4.78 is 0. The zero-order valence-electron chi connectivity index (χ0n) is 11.3. The fourth-order valence-corrected chi connectivity index (χ4v) is 5.01. The number of piperidine rings is 1. The summed E-state index contributed by atoms with van der Waals surface area (Å²) in [6.45, 7) is 3.51. The van der Waals surface area contributed by atoms with Gasteiger partial charge in [-0.2, -0.15) is 0 Å². The molecule has 0 aromatic rings. The molecule has 2 unspecified atom stereocenters. The highest BCUT2D eigenvalue weighted by molar-refractivity contribution is 9.09. The van der Waals surface area contributed by atoms with E-state index in [2.05, 4.69) is 20.8 Å². The van der Waals surface area contributed by atoms with Gasteiger partial charge in [0, 0.05) is 30.9 Å². The van der Waals surface area contributed by atoms with Crippen LogP contribution in [-0.2, 0) is 0 Å². The number of alkyl halides is 1. The van der Waals surface area contributed by atoms with Crippen LogP contribution >= 0.6 is 15.9 Å². The van der Waals surface area contributed by atoms with Gasteiger partial charge in [-0.1, -0.05) is 35.2 Å². The minimum absolute atomic E-state index is 0.310. The normalized spacial score (nSPS) is 40.0. The first kappa shape index (κ1) is 13.4. The number of halogens is 1. The highest BCUT2D eigenvalue weighted by atomic mass is 79.9. The van der Waals surface area contributed by atoms with Gasteiger partial charge in [0.1, 0.15) is 0 Å². The van der Waals surface area contributed by atoms with E-state index >= 15 is 0 Å². The zero-order valence-corrected chi connectivity index (χ0v) is 12.9. The molecule has 0 aromatic heterocycles. The maximum Gasteiger partial charge on any atom is 0.0700 e. The molecule has 2 aliphatic carbocycles. The molecule has 3 aliphatic rings. The van der Waals surface area contributed by atoms with Crippen LogP contribution in [0.15, 0.2) is 0 Å². The van der Waals surface area contributed by atoms with Gasteiger partial charge in [0.2, 0.25) is 0 Å². The number of likely N-dealkylation sites (tertiary alicyclic amines) is 1. The average Bonchev–Trinajstić information content (AvgIpc) is 2.34. The summed E-state index contributed by atoms with van der Waals surface area (Å²) in [5.41, 5.74) is 0.250. The number of aliphatic hydroxyl groups is 1. The van der Waals surface area contributed by atoms with E-state index in [9.17, 15) is 5.11 Å². The Labute approximate surface area is 119 Å². The molecule has 3 fully saturated rings. The van der Waals surface area contributed by atoms with Crippen LogP contribution in [0.3, 0.4) is 0 Å². The van der Waals surface area contributed by atoms with Crippen molar-refractivity contribution in [2.75, 3.05) is 25.0 Å². The van der Waals surface area contributed by atoms with Crippen LogP contribution in [0.2, 0.25) is 0 Å². The molecule has 3 heteroatoms. The maximum absolute atomic E-state index is 10.7. The largest absolute Gasteiger partial charge is 0.390 e. The van der Waals surface area contributed by atoms with E-state index in [-0.39, 0.29) is 5.60 Å². The monoisotopic (exact) mass is 315 g/mol. The second-order valence-corrected chi connectivity index (χ2v) is 7.58. The molecule has 1 saturated heterocycles. The third kappa shape index (κ3) is 2.38. The van der Waals surface area contributed by atoms with Gasteiger partial charge in [-0.15, -0.1) is 0 Å². The van der Waals surface area contributed by atoms with E-state index < -0.39 is 0 Å². The smallest absolute Gasteiger partial charge is 0.0700 e. The standard InChI is InChI=1S/C15H26BrNO/c16-11-14(5-3-6-14)12-17-9-8-15(18)7-2-1-4-13(15)10-17/h13,18H,1-12H2. The Bertz CT molecular complexity index is 299. The van der Waals surface area contributed by atoms with Gasteiger partial charge >= 0.3 is 0 Å². The zero-order chi connectivity index (χ0) is 12.6. The van der Waals surface area contributed by atoms with Crippen molar-refractivity contribution in [3.05, 3.63) is 0 Å². The van der Waals surface area contributed by atoms with Gasteiger partial charge in [-0.3, -0.25) is 0 Å². The summed E-state index contributed by atoms with van der Waals surface area (Å²) in [6.07, 6.45) is 10.1. The third-order valence-corrected chi connectivity index (χ3v) is 6.96. The van der Waals surface area contributed by atoms with Crippen LogP contribution in [0.25, 0.3) is 0 Å². The van der Waals surface area contributed by atoms with Gasteiger partial charge in [0.15, 0.2) is 0 Å². The number of fused-ring (bicyclic) bond motifs is 1. The Kier molecular flexibility index (Phi) is 3.77. The molecule has 0 radical (unpaired) electrons. The van der Waals surface area contributed by atoms with Gasteiger partial charge in [-0.25, -0.2) is 0 Å². The van der Waals surface area contributed by atoms with Crippen LogP contribution in [0.1, 0.15) is 51.4 Å². The lowest BCUT2D eigenvalue weighted by Crippen LogP contribution is -2.56. The molecule has 0 aromatic carbocycles. The van der Waals surface area contributed by atoms with Crippen molar-refractivity contribution in [3.8, 4) is 0 Å². The SMILES string of the molecule is OC12CCCCC1CN(CC1(CBr)CCC1)CC2. The van der Waals surface area contributed by atoms with Gasteiger partial charge < -0.3 is 10.0 Å². The molecule has 2 saturated carbocycles. The Morgan fingerprint density at radius 3 is 2.61 bits per heavy atom. The van der Waals surface area contributed by atoms with Crippen molar-refractivity contribution in [2.24, 2.45) is 11.3 Å². The minimum Gasteiger partial charge on any atom is -0.390 e. The molecule has 0 spiro atoms. The summed E-state index contributed by atoms with van der Waals surface area (Å²) in [4.78, 5) is 2.64. The molecule has 0 amide bonds. The van der Waals surface area contributed by atoms with E-state index in [0.29, 0.717) is 11.3 Å². The van der Waals surface area contributed by atoms with Crippen LogP contribution in [0.5, 0.6) is 0 Å². The van der Waals surface area contributed by atoms with Crippen molar-refractivity contribution >= 4 is 15.9 Å². The quantitative estimate of drug-likeness (QED) is 0.809. The van der Waals surface area contributed by atoms with Crippen molar-refractivity contribution in [3.63, 3.8) is 0 Å². The van der Waals surface area contributed by atoms with E-state index in [4.69, 9.17) is 0 Å². The topological polar surface area (TPSA) is 23.5 Å². The summed E-state index contributed by atoms with van der Waals surface area (Å²) >= 11 is 3.71. The maximum atomic E-state index is 10.7. The second-order valence-electron chi connectivity index (χ2n) is 7.02. The first-order valence-electron chi connectivity index (χ1n) is 7.67. The molecule has 2 atom stereocenters. The van der Waals surface area contributed by atoms with Gasteiger partial charge in [-0.05, 0) is 37.5 Å².